The van der Waals surface area contributed by atoms with Gasteiger partial charge in [0, 0.05) is 16.5 Å². The Hall–Kier alpha value is -4.48. The van der Waals surface area contributed by atoms with Crippen molar-refractivity contribution < 1.29 is 23.9 Å². The van der Waals surface area contributed by atoms with Crippen molar-refractivity contribution in [3.05, 3.63) is 110 Å². The summed E-state index contributed by atoms with van der Waals surface area (Å²) in [6.07, 6.45) is 0. The van der Waals surface area contributed by atoms with Crippen LogP contribution < -0.4 is 15.1 Å². The first kappa shape index (κ1) is 32.5. The zero-order valence-corrected chi connectivity index (χ0v) is 28.4. The molecule has 4 aromatic rings. The van der Waals surface area contributed by atoms with Gasteiger partial charge in [-0.2, -0.15) is 0 Å². The van der Waals surface area contributed by atoms with Crippen molar-refractivity contribution in [3.63, 3.8) is 0 Å². The number of amides is 3. The van der Waals surface area contributed by atoms with Crippen LogP contribution in [-0.4, -0.2) is 40.1 Å². The van der Waals surface area contributed by atoms with Crippen LogP contribution in [-0.2, 0) is 31.1 Å². The maximum Gasteiger partial charge on any atom is 0.338 e. The van der Waals surface area contributed by atoms with E-state index in [1.54, 1.807) is 31.2 Å². The fraction of sp³-hybridized carbons (Fsp3) is 0.306. The average Bonchev–Trinajstić information content (AvgIpc) is 3.48. The van der Waals surface area contributed by atoms with E-state index in [2.05, 4.69) is 26.1 Å². The fourth-order valence-electron chi connectivity index (χ4n) is 6.00. The number of esters is 1. The molecule has 242 valence electrons. The summed E-state index contributed by atoms with van der Waals surface area (Å²) in [5, 5.41) is 2.54. The Morgan fingerprint density at radius 1 is 0.894 bits per heavy atom. The number of carbonyl (C=O) groups excluding carboxylic acids is 4. The molecule has 0 bridgehead atoms. The lowest BCUT2D eigenvalue weighted by atomic mass is 9.81. The zero-order chi connectivity index (χ0) is 33.6. The second-order valence-electron chi connectivity index (χ2n) is 12.7. The van der Waals surface area contributed by atoms with Crippen molar-refractivity contribution in [2.75, 3.05) is 16.8 Å². The zero-order valence-electron chi connectivity index (χ0n) is 26.7. The molecule has 3 unspecified atom stereocenters. The van der Waals surface area contributed by atoms with Gasteiger partial charge in [0.2, 0.25) is 17.7 Å². The van der Waals surface area contributed by atoms with Crippen LogP contribution in [0, 0.1) is 12.8 Å². The molecular formula is C36H35N3O6S2. The van der Waals surface area contributed by atoms with E-state index in [4.69, 9.17) is 4.74 Å². The maximum atomic E-state index is 14.2. The van der Waals surface area contributed by atoms with Gasteiger partial charge in [0.1, 0.15) is 11.8 Å². The molecule has 0 spiro atoms. The Kier molecular flexibility index (Phi) is 8.71. The number of aryl methyl sites for hydroxylation is 1. The predicted molar refractivity (Wildman–Crippen MR) is 183 cm³/mol. The molecular weight excluding hydrogens is 635 g/mol. The molecule has 6 rings (SSSR count). The molecule has 11 heteroatoms. The van der Waals surface area contributed by atoms with Gasteiger partial charge >= 0.3 is 10.8 Å². The molecule has 1 aromatic heterocycles. The highest BCUT2D eigenvalue weighted by molar-refractivity contribution is 8.00. The number of rotatable bonds is 7. The Balaban J connectivity index is 1.39. The minimum atomic E-state index is -0.826. The highest BCUT2D eigenvalue weighted by atomic mass is 32.2. The van der Waals surface area contributed by atoms with E-state index in [1.807, 2.05) is 43.3 Å². The SMILES string of the molecule is CCOC(=O)c1ccc(N2C(=O)C3Sc4c(sc(=O)n4CC(=O)Nc4ccc(C)cc4)C(c4ccc(C(C)(C)C)cc4)C3C2=O)cc1. The van der Waals surface area contributed by atoms with Gasteiger partial charge in [-0.3, -0.25) is 23.7 Å². The number of anilines is 2. The van der Waals surface area contributed by atoms with E-state index in [0.29, 0.717) is 26.8 Å². The van der Waals surface area contributed by atoms with E-state index >= 15 is 0 Å². The summed E-state index contributed by atoms with van der Waals surface area (Å²) in [5.74, 6) is -3.01. The number of hydrogen-bond acceptors (Lipinski definition) is 8. The Morgan fingerprint density at radius 2 is 1.55 bits per heavy atom. The Bertz CT molecular complexity index is 1920. The molecule has 0 aliphatic carbocycles. The first-order chi connectivity index (χ1) is 22.4. The largest absolute Gasteiger partial charge is 0.462 e. The number of nitrogens with one attached hydrogen (secondary N) is 1. The normalized spacial score (nSPS) is 18.9. The fourth-order valence-corrected chi connectivity index (χ4v) is 8.77. The Morgan fingerprint density at radius 3 is 2.17 bits per heavy atom. The maximum absolute atomic E-state index is 14.2. The van der Waals surface area contributed by atoms with Gasteiger partial charge < -0.3 is 10.1 Å². The number of hydrogen-bond donors (Lipinski definition) is 1. The molecule has 3 amide bonds. The first-order valence-corrected chi connectivity index (χ1v) is 17.1. The third-order valence-corrected chi connectivity index (χ3v) is 11.1. The molecule has 2 aliphatic heterocycles. The second-order valence-corrected chi connectivity index (χ2v) is 14.9. The van der Waals surface area contributed by atoms with Gasteiger partial charge in [-0.15, -0.1) is 0 Å². The predicted octanol–water partition coefficient (Wildman–Crippen LogP) is 6.13. The topological polar surface area (TPSA) is 115 Å². The standard InChI is InChI=1S/C36H35N3O6S2/c1-6-45-34(43)22-11-17-25(18-12-22)39-31(41)28-27(21-9-13-23(14-10-21)36(3,4)5)30-33(46-29(28)32(39)42)38(35(44)47-30)19-26(40)37-24-15-7-20(2)8-16-24/h7-18,27-29H,6,19H2,1-5H3,(H,37,40). The number of thiazole rings is 1. The lowest BCUT2D eigenvalue weighted by Gasteiger charge is -2.31. The van der Waals surface area contributed by atoms with Crippen LogP contribution in [0.15, 0.2) is 82.6 Å². The van der Waals surface area contributed by atoms with Crippen molar-refractivity contribution in [2.45, 2.75) is 62.8 Å². The van der Waals surface area contributed by atoms with Gasteiger partial charge in [-0.1, -0.05) is 85.8 Å². The number of nitrogens with zero attached hydrogens (tertiary/aromatic N) is 2. The molecule has 47 heavy (non-hydrogen) atoms. The minimum absolute atomic E-state index is 0.0980. The number of aromatic nitrogens is 1. The van der Waals surface area contributed by atoms with E-state index < -0.39 is 29.0 Å². The number of carbonyl (C=O) groups is 4. The summed E-state index contributed by atoms with van der Waals surface area (Å²) >= 11 is 2.18. The second kappa shape index (κ2) is 12.6. The van der Waals surface area contributed by atoms with E-state index in [1.165, 1.54) is 21.6 Å². The molecule has 3 heterocycles. The van der Waals surface area contributed by atoms with Crippen molar-refractivity contribution in [1.29, 1.82) is 0 Å². The van der Waals surface area contributed by atoms with Gasteiger partial charge in [0.15, 0.2) is 0 Å². The summed E-state index contributed by atoms with van der Waals surface area (Å²) in [7, 11) is 0. The Labute approximate surface area is 280 Å². The smallest absolute Gasteiger partial charge is 0.338 e. The van der Waals surface area contributed by atoms with Crippen LogP contribution in [0.4, 0.5) is 11.4 Å². The molecule has 3 aromatic carbocycles. The van der Waals surface area contributed by atoms with Crippen molar-refractivity contribution in [1.82, 2.24) is 4.57 Å². The van der Waals surface area contributed by atoms with E-state index in [-0.39, 0.29) is 35.3 Å². The lowest BCUT2D eigenvalue weighted by Crippen LogP contribution is -2.33. The molecule has 0 radical (unpaired) electrons. The quantitative estimate of drug-likeness (QED) is 0.186. The van der Waals surface area contributed by atoms with Crippen molar-refractivity contribution >= 4 is 58.2 Å². The van der Waals surface area contributed by atoms with E-state index in [9.17, 15) is 24.0 Å². The van der Waals surface area contributed by atoms with Crippen LogP contribution in [0.5, 0.6) is 0 Å². The van der Waals surface area contributed by atoms with Crippen LogP contribution in [0.25, 0.3) is 0 Å². The summed E-state index contributed by atoms with van der Waals surface area (Å²) in [6.45, 7) is 10.0. The highest BCUT2D eigenvalue weighted by Crippen LogP contribution is 2.54. The third kappa shape index (κ3) is 6.17. The molecule has 1 N–H and O–H groups in total. The number of benzene rings is 3. The van der Waals surface area contributed by atoms with Crippen LogP contribution in [0.2, 0.25) is 0 Å². The lowest BCUT2D eigenvalue weighted by molar-refractivity contribution is -0.122. The molecule has 1 saturated heterocycles. The summed E-state index contributed by atoms with van der Waals surface area (Å²) in [6, 6.07) is 21.6. The summed E-state index contributed by atoms with van der Waals surface area (Å²) in [5.41, 5.74) is 4.16. The summed E-state index contributed by atoms with van der Waals surface area (Å²) in [4.78, 5) is 68.7. The van der Waals surface area contributed by atoms with Gasteiger partial charge in [0.25, 0.3) is 0 Å². The van der Waals surface area contributed by atoms with Crippen molar-refractivity contribution in [2.24, 2.45) is 5.92 Å². The average molecular weight is 670 g/mol. The first-order valence-electron chi connectivity index (χ1n) is 15.4. The van der Waals surface area contributed by atoms with Crippen LogP contribution >= 0.6 is 23.1 Å². The van der Waals surface area contributed by atoms with Gasteiger partial charge in [-0.05, 0) is 66.8 Å². The number of ether oxygens (including phenoxy) is 1. The molecule has 9 nitrogen and oxygen atoms in total. The number of thioether (sulfide) groups is 1. The van der Waals surface area contributed by atoms with Crippen LogP contribution in [0.1, 0.15) is 65.5 Å². The van der Waals surface area contributed by atoms with Crippen LogP contribution in [0.3, 0.4) is 0 Å². The van der Waals surface area contributed by atoms with Crippen molar-refractivity contribution in [3.8, 4) is 0 Å². The molecule has 1 fully saturated rings. The molecule has 0 saturated carbocycles. The van der Waals surface area contributed by atoms with E-state index in [0.717, 1.165) is 39.8 Å². The molecule has 2 aliphatic rings. The number of imide groups is 1. The third-order valence-electron chi connectivity index (χ3n) is 8.46. The highest BCUT2D eigenvalue weighted by Gasteiger charge is 2.56. The monoisotopic (exact) mass is 669 g/mol. The summed E-state index contributed by atoms with van der Waals surface area (Å²) < 4.78 is 6.49. The minimum Gasteiger partial charge on any atom is -0.462 e. The van der Waals surface area contributed by atoms with Gasteiger partial charge in [0.05, 0.1) is 28.8 Å². The van der Waals surface area contributed by atoms with Gasteiger partial charge in [-0.25, -0.2) is 9.69 Å². The number of fused-ring (bicyclic) bond motifs is 2. The molecule has 3 atom stereocenters.